The number of carbonyl (C=O) groups is 1. The van der Waals surface area contributed by atoms with Crippen molar-refractivity contribution in [1.29, 1.82) is 0 Å². The zero-order valence-electron chi connectivity index (χ0n) is 14.2. The molecular weight excluding hydrogens is 294 g/mol. The Morgan fingerprint density at radius 2 is 2.30 bits per heavy atom. The number of rotatable bonds is 6. The lowest BCUT2D eigenvalue weighted by atomic mass is 10.3. The van der Waals surface area contributed by atoms with Crippen molar-refractivity contribution in [3.8, 4) is 0 Å². The van der Waals surface area contributed by atoms with Crippen molar-refractivity contribution in [3.63, 3.8) is 0 Å². The molecule has 128 valence electrons. The van der Waals surface area contributed by atoms with Crippen molar-refractivity contribution in [3.05, 3.63) is 12.2 Å². The van der Waals surface area contributed by atoms with E-state index in [2.05, 4.69) is 32.7 Å². The van der Waals surface area contributed by atoms with Crippen LogP contribution in [0.2, 0.25) is 0 Å². The number of nitrogens with one attached hydrogen (secondary N) is 2. The van der Waals surface area contributed by atoms with Gasteiger partial charge in [-0.15, -0.1) is 10.2 Å². The Morgan fingerprint density at radius 3 is 3.00 bits per heavy atom. The number of guanidine groups is 1. The Hall–Kier alpha value is -2.12. The van der Waals surface area contributed by atoms with E-state index in [0.717, 1.165) is 50.8 Å². The molecular formula is C15H27N7O. The molecule has 23 heavy (non-hydrogen) atoms. The monoisotopic (exact) mass is 321 g/mol. The third-order valence-corrected chi connectivity index (χ3v) is 4.06. The Bertz CT molecular complexity index is 540. The third-order valence-electron chi connectivity index (χ3n) is 4.06. The number of hydrogen-bond donors (Lipinski definition) is 2. The van der Waals surface area contributed by atoms with Crippen LogP contribution < -0.4 is 10.6 Å². The van der Waals surface area contributed by atoms with Crippen molar-refractivity contribution >= 4 is 11.9 Å². The molecule has 0 aromatic carbocycles. The van der Waals surface area contributed by atoms with Gasteiger partial charge in [0.2, 0.25) is 5.91 Å². The van der Waals surface area contributed by atoms with E-state index in [0.29, 0.717) is 6.42 Å². The molecule has 1 aromatic heterocycles. The molecule has 8 nitrogen and oxygen atoms in total. The maximum absolute atomic E-state index is 11.7. The lowest BCUT2D eigenvalue weighted by molar-refractivity contribution is -0.129. The fourth-order valence-corrected chi connectivity index (χ4v) is 2.75. The molecule has 0 radical (unpaired) electrons. The first-order valence-corrected chi connectivity index (χ1v) is 8.29. The molecule has 1 amide bonds. The van der Waals surface area contributed by atoms with Gasteiger partial charge in [0.1, 0.15) is 12.2 Å². The second-order valence-corrected chi connectivity index (χ2v) is 5.62. The van der Waals surface area contributed by atoms with Gasteiger partial charge in [0.25, 0.3) is 0 Å². The van der Waals surface area contributed by atoms with Crippen LogP contribution in [-0.2, 0) is 17.8 Å². The molecule has 1 saturated heterocycles. The van der Waals surface area contributed by atoms with Gasteiger partial charge in [0.05, 0.1) is 0 Å². The van der Waals surface area contributed by atoms with Crippen LogP contribution in [0.25, 0.3) is 0 Å². The van der Waals surface area contributed by atoms with Crippen LogP contribution in [0.3, 0.4) is 0 Å². The van der Waals surface area contributed by atoms with Crippen molar-refractivity contribution in [1.82, 2.24) is 30.3 Å². The first kappa shape index (κ1) is 17.2. The average Bonchev–Trinajstić information content (AvgIpc) is 3.22. The molecule has 1 atom stereocenters. The van der Waals surface area contributed by atoms with Gasteiger partial charge in [-0.2, -0.15) is 0 Å². The molecule has 0 spiro atoms. The highest BCUT2D eigenvalue weighted by Crippen LogP contribution is 2.10. The summed E-state index contributed by atoms with van der Waals surface area (Å²) in [6.45, 7) is 7.08. The lowest BCUT2D eigenvalue weighted by Crippen LogP contribution is -2.45. The number of aryl methyl sites for hydroxylation is 1. The highest BCUT2D eigenvalue weighted by Gasteiger charge is 2.25. The molecule has 1 aliphatic heterocycles. The van der Waals surface area contributed by atoms with Crippen molar-refractivity contribution in [2.24, 2.45) is 4.99 Å². The Labute approximate surface area is 137 Å². The van der Waals surface area contributed by atoms with Crippen LogP contribution in [0.1, 0.15) is 32.5 Å². The van der Waals surface area contributed by atoms with Crippen LogP contribution in [0.4, 0.5) is 0 Å². The van der Waals surface area contributed by atoms with Crippen LogP contribution in [0.15, 0.2) is 11.3 Å². The van der Waals surface area contributed by atoms with Crippen molar-refractivity contribution in [2.45, 2.75) is 45.7 Å². The van der Waals surface area contributed by atoms with Gasteiger partial charge in [0, 0.05) is 52.1 Å². The fourth-order valence-electron chi connectivity index (χ4n) is 2.75. The highest BCUT2D eigenvalue weighted by atomic mass is 16.2. The zero-order valence-corrected chi connectivity index (χ0v) is 14.2. The van der Waals surface area contributed by atoms with E-state index in [4.69, 9.17) is 0 Å². The van der Waals surface area contributed by atoms with Crippen LogP contribution in [0.5, 0.6) is 0 Å². The number of hydrogen-bond acceptors (Lipinski definition) is 4. The third kappa shape index (κ3) is 4.67. The Kier molecular flexibility index (Phi) is 6.37. The standard InChI is InChI=1S/C15H27N7O/c1-4-13-20-18-11-22(13)9-7-17-15(16-3)19-12-6-8-21(10-12)14(23)5-2/h11-12H,4-10H2,1-3H3,(H2,16,17,19). The van der Waals surface area contributed by atoms with Crippen molar-refractivity contribution in [2.75, 3.05) is 26.7 Å². The first-order valence-electron chi connectivity index (χ1n) is 8.29. The molecule has 0 bridgehead atoms. The summed E-state index contributed by atoms with van der Waals surface area (Å²) in [4.78, 5) is 17.9. The number of aliphatic imine (C=N–C) groups is 1. The summed E-state index contributed by atoms with van der Waals surface area (Å²) in [7, 11) is 1.76. The summed E-state index contributed by atoms with van der Waals surface area (Å²) in [6, 6.07) is 0.262. The van der Waals surface area contributed by atoms with Gasteiger partial charge >= 0.3 is 0 Å². The quantitative estimate of drug-likeness (QED) is 0.569. The predicted octanol–water partition coefficient (Wildman–Crippen LogP) is 0.0164. The fraction of sp³-hybridized carbons (Fsp3) is 0.733. The lowest BCUT2D eigenvalue weighted by Gasteiger charge is -2.19. The van der Waals surface area contributed by atoms with Crippen LogP contribution in [-0.4, -0.2) is 64.3 Å². The van der Waals surface area contributed by atoms with Crippen LogP contribution >= 0.6 is 0 Å². The number of nitrogens with zero attached hydrogens (tertiary/aromatic N) is 5. The maximum Gasteiger partial charge on any atom is 0.222 e. The largest absolute Gasteiger partial charge is 0.355 e. The number of aromatic nitrogens is 3. The normalized spacial score (nSPS) is 18.3. The number of carbonyl (C=O) groups excluding carboxylic acids is 1. The molecule has 2 heterocycles. The smallest absolute Gasteiger partial charge is 0.222 e. The molecule has 8 heteroatoms. The molecule has 1 aliphatic rings. The second kappa shape index (κ2) is 8.50. The van der Waals surface area contributed by atoms with Gasteiger partial charge in [-0.25, -0.2) is 0 Å². The average molecular weight is 321 g/mol. The summed E-state index contributed by atoms with van der Waals surface area (Å²) < 4.78 is 2.04. The second-order valence-electron chi connectivity index (χ2n) is 5.62. The van der Waals surface area contributed by atoms with Gasteiger partial charge in [-0.05, 0) is 6.42 Å². The molecule has 2 N–H and O–H groups in total. The Morgan fingerprint density at radius 1 is 1.48 bits per heavy atom. The topological polar surface area (TPSA) is 87.4 Å². The first-order chi connectivity index (χ1) is 11.2. The number of amides is 1. The summed E-state index contributed by atoms with van der Waals surface area (Å²) in [5.74, 6) is 1.98. The molecule has 1 fully saturated rings. The van der Waals surface area contributed by atoms with Gasteiger partial charge in [0.15, 0.2) is 5.96 Å². The van der Waals surface area contributed by atoms with Crippen molar-refractivity contribution < 1.29 is 4.79 Å². The maximum atomic E-state index is 11.7. The molecule has 0 aliphatic carbocycles. The molecule has 1 aromatic rings. The summed E-state index contributed by atoms with van der Waals surface area (Å²) >= 11 is 0. The minimum Gasteiger partial charge on any atom is -0.355 e. The minimum atomic E-state index is 0.219. The molecule has 2 rings (SSSR count). The Balaban J connectivity index is 1.75. The minimum absolute atomic E-state index is 0.219. The van der Waals surface area contributed by atoms with Gasteiger partial charge < -0.3 is 20.1 Å². The number of likely N-dealkylation sites (tertiary alicyclic amines) is 1. The van der Waals surface area contributed by atoms with E-state index in [9.17, 15) is 4.79 Å². The van der Waals surface area contributed by atoms with E-state index < -0.39 is 0 Å². The van der Waals surface area contributed by atoms with Crippen LogP contribution in [0, 0.1) is 0 Å². The van der Waals surface area contributed by atoms with E-state index in [1.165, 1.54) is 0 Å². The zero-order chi connectivity index (χ0) is 16.7. The van der Waals surface area contributed by atoms with E-state index in [1.54, 1.807) is 13.4 Å². The van der Waals surface area contributed by atoms with E-state index in [-0.39, 0.29) is 11.9 Å². The summed E-state index contributed by atoms with van der Waals surface area (Å²) in [5.41, 5.74) is 0. The summed E-state index contributed by atoms with van der Waals surface area (Å²) in [5, 5.41) is 14.7. The van der Waals surface area contributed by atoms with Gasteiger partial charge in [-0.3, -0.25) is 9.79 Å². The molecule has 0 saturated carbocycles. The highest BCUT2D eigenvalue weighted by molar-refractivity contribution is 5.80. The molecule has 1 unspecified atom stereocenters. The van der Waals surface area contributed by atoms with Gasteiger partial charge in [-0.1, -0.05) is 13.8 Å². The SMILES string of the molecule is CCC(=O)N1CCC(NC(=NC)NCCn2cnnc2CC)C1. The predicted molar refractivity (Wildman–Crippen MR) is 89.2 cm³/mol. The van der Waals surface area contributed by atoms with E-state index >= 15 is 0 Å². The van der Waals surface area contributed by atoms with E-state index in [1.807, 2.05) is 16.4 Å². The summed E-state index contributed by atoms with van der Waals surface area (Å²) in [6.07, 6.45) is 4.15.